The van der Waals surface area contributed by atoms with Crippen molar-refractivity contribution in [3.8, 4) is 0 Å². The molecule has 0 aliphatic carbocycles. The Labute approximate surface area is 125 Å². The summed E-state index contributed by atoms with van der Waals surface area (Å²) in [6, 6.07) is 3.69. The van der Waals surface area contributed by atoms with Crippen LogP contribution in [0.2, 0.25) is 0 Å². The summed E-state index contributed by atoms with van der Waals surface area (Å²) in [5, 5.41) is 0. The van der Waals surface area contributed by atoms with Gasteiger partial charge in [0.1, 0.15) is 11.6 Å². The predicted octanol–water partition coefficient (Wildman–Crippen LogP) is 4.47. The third kappa shape index (κ3) is 5.71. The van der Waals surface area contributed by atoms with Crippen LogP contribution in [0.5, 0.6) is 0 Å². The van der Waals surface area contributed by atoms with Gasteiger partial charge in [-0.3, -0.25) is 0 Å². The molecule has 1 aliphatic heterocycles. The molecule has 1 aliphatic rings. The van der Waals surface area contributed by atoms with Crippen molar-refractivity contribution in [1.29, 1.82) is 0 Å². The number of unbranched alkanes of at least 4 members (excludes halogenated alkanes) is 1. The monoisotopic (exact) mass is 298 g/mol. The van der Waals surface area contributed by atoms with Gasteiger partial charge in [-0.25, -0.2) is 8.78 Å². The first-order valence-electron chi connectivity index (χ1n) is 7.85. The lowest BCUT2D eigenvalue weighted by Crippen LogP contribution is -2.31. The minimum absolute atomic E-state index is 0.109. The second kappa shape index (κ2) is 8.44. The van der Waals surface area contributed by atoms with Crippen LogP contribution in [-0.2, 0) is 15.9 Å². The van der Waals surface area contributed by atoms with Crippen molar-refractivity contribution in [1.82, 2.24) is 0 Å². The van der Waals surface area contributed by atoms with Gasteiger partial charge in [-0.1, -0.05) is 13.3 Å². The summed E-state index contributed by atoms with van der Waals surface area (Å²) in [6.45, 7) is 3.74. The van der Waals surface area contributed by atoms with Crippen molar-refractivity contribution in [2.75, 3.05) is 13.2 Å². The van der Waals surface area contributed by atoms with E-state index in [0.717, 1.165) is 51.4 Å². The van der Waals surface area contributed by atoms with Crippen molar-refractivity contribution in [2.24, 2.45) is 5.92 Å². The zero-order chi connectivity index (χ0) is 15.1. The highest BCUT2D eigenvalue weighted by Crippen LogP contribution is 2.20. The van der Waals surface area contributed by atoms with Gasteiger partial charge >= 0.3 is 0 Å². The number of ether oxygens (including phenoxy) is 2. The Morgan fingerprint density at radius 1 is 1.00 bits per heavy atom. The highest BCUT2D eigenvalue weighted by Gasteiger charge is 2.20. The normalized spacial score (nSPS) is 22.4. The van der Waals surface area contributed by atoms with Gasteiger partial charge in [0.05, 0.1) is 13.2 Å². The number of hydrogen-bond acceptors (Lipinski definition) is 2. The van der Waals surface area contributed by atoms with Gasteiger partial charge in [-0.2, -0.15) is 0 Å². The largest absolute Gasteiger partial charge is 0.352 e. The van der Waals surface area contributed by atoms with E-state index in [2.05, 4.69) is 6.92 Å². The summed E-state index contributed by atoms with van der Waals surface area (Å²) in [5.74, 6) is -0.488. The first-order chi connectivity index (χ1) is 10.2. The number of benzene rings is 1. The SMILES string of the molecule is CCCC1COC(CCCCc2cc(F)cc(F)c2)OC1. The van der Waals surface area contributed by atoms with Crippen molar-refractivity contribution < 1.29 is 18.3 Å². The van der Waals surface area contributed by atoms with Crippen LogP contribution in [0.15, 0.2) is 18.2 Å². The molecule has 0 aromatic heterocycles. The molecule has 0 atom stereocenters. The molecule has 0 amide bonds. The van der Waals surface area contributed by atoms with E-state index in [1.807, 2.05) is 0 Å². The molecule has 1 heterocycles. The molecule has 4 heteroatoms. The fraction of sp³-hybridized carbons (Fsp3) is 0.647. The zero-order valence-electron chi connectivity index (χ0n) is 12.6. The van der Waals surface area contributed by atoms with Gasteiger partial charge < -0.3 is 9.47 Å². The van der Waals surface area contributed by atoms with Crippen LogP contribution in [0.25, 0.3) is 0 Å². The van der Waals surface area contributed by atoms with Crippen LogP contribution in [0.3, 0.4) is 0 Å². The number of hydrogen-bond donors (Lipinski definition) is 0. The van der Waals surface area contributed by atoms with Crippen LogP contribution in [0, 0.1) is 17.6 Å². The lowest BCUT2D eigenvalue weighted by Gasteiger charge is -2.29. The third-order valence-corrected chi connectivity index (χ3v) is 3.81. The van der Waals surface area contributed by atoms with Crippen molar-refractivity contribution in [3.05, 3.63) is 35.4 Å². The lowest BCUT2D eigenvalue weighted by molar-refractivity contribution is -0.204. The highest BCUT2D eigenvalue weighted by atomic mass is 19.1. The van der Waals surface area contributed by atoms with Gasteiger partial charge in [0.25, 0.3) is 0 Å². The van der Waals surface area contributed by atoms with E-state index in [1.165, 1.54) is 12.1 Å². The zero-order valence-corrected chi connectivity index (χ0v) is 12.6. The molecule has 1 aromatic rings. The van der Waals surface area contributed by atoms with Crippen molar-refractivity contribution in [3.63, 3.8) is 0 Å². The van der Waals surface area contributed by atoms with Gasteiger partial charge in [0.2, 0.25) is 0 Å². The molecule has 1 fully saturated rings. The molecular formula is C17H24F2O2. The topological polar surface area (TPSA) is 18.5 Å². The van der Waals surface area contributed by atoms with Gasteiger partial charge in [0.15, 0.2) is 6.29 Å². The predicted molar refractivity (Wildman–Crippen MR) is 78.0 cm³/mol. The summed E-state index contributed by atoms with van der Waals surface area (Å²) < 4.78 is 37.5. The average Bonchev–Trinajstić information content (AvgIpc) is 2.45. The standard InChI is InChI=1S/C17H24F2O2/c1-2-5-14-11-20-17(21-12-14)7-4-3-6-13-8-15(18)10-16(19)9-13/h8-10,14,17H,2-7,11-12H2,1H3. The summed E-state index contributed by atoms with van der Waals surface area (Å²) in [6.07, 6.45) is 5.54. The Morgan fingerprint density at radius 3 is 2.29 bits per heavy atom. The van der Waals surface area contributed by atoms with Gasteiger partial charge in [0, 0.05) is 12.0 Å². The summed E-state index contributed by atoms with van der Waals surface area (Å²) in [4.78, 5) is 0. The Kier molecular flexibility index (Phi) is 6.58. The van der Waals surface area contributed by atoms with Crippen LogP contribution in [0.4, 0.5) is 8.78 Å². The minimum Gasteiger partial charge on any atom is -0.352 e. The van der Waals surface area contributed by atoms with Crippen LogP contribution in [-0.4, -0.2) is 19.5 Å². The second-order valence-electron chi connectivity index (χ2n) is 5.77. The fourth-order valence-corrected chi connectivity index (χ4v) is 2.72. The molecule has 0 saturated carbocycles. The number of aryl methyl sites for hydroxylation is 1. The molecule has 118 valence electrons. The molecule has 2 rings (SSSR count). The molecule has 2 nitrogen and oxygen atoms in total. The van der Waals surface area contributed by atoms with E-state index >= 15 is 0 Å². The minimum atomic E-state index is -0.508. The molecule has 0 spiro atoms. The highest BCUT2D eigenvalue weighted by molar-refractivity contribution is 5.17. The Balaban J connectivity index is 1.62. The first kappa shape index (κ1) is 16.4. The van der Waals surface area contributed by atoms with Crippen LogP contribution >= 0.6 is 0 Å². The Hall–Kier alpha value is -1.00. The third-order valence-electron chi connectivity index (χ3n) is 3.81. The summed E-state index contributed by atoms with van der Waals surface area (Å²) in [7, 11) is 0. The smallest absolute Gasteiger partial charge is 0.157 e. The van der Waals surface area contributed by atoms with E-state index in [1.54, 1.807) is 0 Å². The van der Waals surface area contributed by atoms with Crippen molar-refractivity contribution in [2.45, 2.75) is 51.7 Å². The molecule has 0 unspecified atom stereocenters. The molecule has 1 aromatic carbocycles. The quantitative estimate of drug-likeness (QED) is 0.692. The average molecular weight is 298 g/mol. The molecule has 21 heavy (non-hydrogen) atoms. The maximum Gasteiger partial charge on any atom is 0.157 e. The lowest BCUT2D eigenvalue weighted by atomic mass is 10.0. The molecular weight excluding hydrogens is 274 g/mol. The van der Waals surface area contributed by atoms with E-state index in [9.17, 15) is 8.78 Å². The molecule has 0 bridgehead atoms. The van der Waals surface area contributed by atoms with E-state index in [4.69, 9.17) is 9.47 Å². The van der Waals surface area contributed by atoms with Gasteiger partial charge in [-0.05, 0) is 49.8 Å². The van der Waals surface area contributed by atoms with Crippen LogP contribution < -0.4 is 0 Å². The first-order valence-corrected chi connectivity index (χ1v) is 7.85. The molecule has 0 N–H and O–H groups in total. The Morgan fingerprint density at radius 2 is 1.67 bits per heavy atom. The Bertz CT molecular complexity index is 409. The summed E-state index contributed by atoms with van der Waals surface area (Å²) >= 11 is 0. The van der Waals surface area contributed by atoms with E-state index < -0.39 is 11.6 Å². The maximum atomic E-state index is 13.0. The number of halogens is 2. The fourth-order valence-electron chi connectivity index (χ4n) is 2.72. The van der Waals surface area contributed by atoms with Gasteiger partial charge in [-0.15, -0.1) is 0 Å². The van der Waals surface area contributed by atoms with Crippen LogP contribution in [0.1, 0.15) is 44.6 Å². The number of rotatable bonds is 7. The maximum absolute atomic E-state index is 13.0. The summed E-state index contributed by atoms with van der Waals surface area (Å²) in [5.41, 5.74) is 0.709. The molecule has 1 saturated heterocycles. The second-order valence-corrected chi connectivity index (χ2v) is 5.77. The van der Waals surface area contributed by atoms with Crippen molar-refractivity contribution >= 4 is 0 Å². The van der Waals surface area contributed by atoms with E-state index in [-0.39, 0.29) is 6.29 Å². The molecule has 0 radical (unpaired) electrons. The van der Waals surface area contributed by atoms with E-state index in [0.29, 0.717) is 17.9 Å².